The van der Waals surface area contributed by atoms with Crippen molar-refractivity contribution in [3.63, 3.8) is 0 Å². The third-order valence-electron chi connectivity index (χ3n) is 5.04. The Morgan fingerprint density at radius 2 is 1.88 bits per heavy atom. The van der Waals surface area contributed by atoms with Gasteiger partial charge in [0.05, 0.1) is 19.1 Å². The second kappa shape index (κ2) is 11.4. The zero-order chi connectivity index (χ0) is 24.8. The molecule has 0 unspecified atom stereocenters. The molecule has 180 valence electrons. The standard InChI is InChI=1S/C23H30ClN3O5S/c1-6-25-23(29)17(3)26(14-18-8-7-9-19(24)13-18)22(28)15-27(33(5,30)31)20-12-16(2)10-11-21(20)32-4/h7-13,17H,6,14-15H2,1-5H3,(H,25,29)/t17-/m0/s1. The quantitative estimate of drug-likeness (QED) is 0.546. The van der Waals surface area contributed by atoms with Crippen LogP contribution in [0, 0.1) is 6.92 Å². The summed E-state index contributed by atoms with van der Waals surface area (Å²) in [7, 11) is -2.42. The monoisotopic (exact) mass is 495 g/mol. The van der Waals surface area contributed by atoms with Crippen molar-refractivity contribution in [3.8, 4) is 5.75 Å². The van der Waals surface area contributed by atoms with Crippen molar-refractivity contribution in [2.24, 2.45) is 0 Å². The van der Waals surface area contributed by atoms with E-state index < -0.39 is 28.5 Å². The molecule has 2 amide bonds. The lowest BCUT2D eigenvalue weighted by atomic mass is 10.1. The summed E-state index contributed by atoms with van der Waals surface area (Å²) in [6, 6.07) is 11.2. The van der Waals surface area contributed by atoms with Gasteiger partial charge in [-0.1, -0.05) is 29.8 Å². The summed E-state index contributed by atoms with van der Waals surface area (Å²) in [5.41, 5.74) is 1.77. The first kappa shape index (κ1) is 26.5. The number of halogens is 1. The summed E-state index contributed by atoms with van der Waals surface area (Å²) in [4.78, 5) is 27.4. The van der Waals surface area contributed by atoms with Gasteiger partial charge in [-0.25, -0.2) is 8.42 Å². The van der Waals surface area contributed by atoms with Gasteiger partial charge in [-0.05, 0) is 56.2 Å². The van der Waals surface area contributed by atoms with Crippen LogP contribution in [0.1, 0.15) is 25.0 Å². The SMILES string of the molecule is CCNC(=O)[C@H](C)N(Cc1cccc(Cl)c1)C(=O)CN(c1cc(C)ccc1OC)S(C)(=O)=O. The van der Waals surface area contributed by atoms with Gasteiger partial charge in [0.25, 0.3) is 0 Å². The number of sulfonamides is 1. The predicted octanol–water partition coefficient (Wildman–Crippen LogP) is 2.98. The molecule has 2 aromatic carbocycles. The molecule has 10 heteroatoms. The zero-order valence-electron chi connectivity index (χ0n) is 19.5. The molecule has 1 atom stereocenters. The van der Waals surface area contributed by atoms with Gasteiger partial charge in [-0.3, -0.25) is 13.9 Å². The molecule has 0 saturated carbocycles. The van der Waals surface area contributed by atoms with E-state index in [2.05, 4.69) is 5.32 Å². The highest BCUT2D eigenvalue weighted by molar-refractivity contribution is 7.92. The van der Waals surface area contributed by atoms with Crippen LogP contribution in [0.3, 0.4) is 0 Å². The molecule has 1 N–H and O–H groups in total. The first-order chi connectivity index (χ1) is 15.5. The Bertz CT molecular complexity index is 1110. The highest BCUT2D eigenvalue weighted by atomic mass is 35.5. The molecule has 2 rings (SSSR count). The third-order valence-corrected chi connectivity index (χ3v) is 6.40. The minimum absolute atomic E-state index is 0.0836. The Hall–Kier alpha value is -2.78. The molecule has 0 fully saturated rings. The number of carbonyl (C=O) groups is 2. The first-order valence-corrected chi connectivity index (χ1v) is 12.6. The van der Waals surface area contributed by atoms with Crippen molar-refractivity contribution in [1.29, 1.82) is 0 Å². The summed E-state index contributed by atoms with van der Waals surface area (Å²) >= 11 is 6.09. The van der Waals surface area contributed by atoms with E-state index in [9.17, 15) is 18.0 Å². The number of hydrogen-bond acceptors (Lipinski definition) is 5. The molecule has 8 nitrogen and oxygen atoms in total. The van der Waals surface area contributed by atoms with Crippen molar-refractivity contribution < 1.29 is 22.7 Å². The summed E-state index contributed by atoms with van der Waals surface area (Å²) in [5, 5.41) is 3.20. The Morgan fingerprint density at radius 3 is 2.45 bits per heavy atom. The van der Waals surface area contributed by atoms with E-state index in [1.165, 1.54) is 12.0 Å². The minimum atomic E-state index is -3.85. The third kappa shape index (κ3) is 7.10. The molecular formula is C23H30ClN3O5S. The van der Waals surface area contributed by atoms with Gasteiger partial charge in [-0.15, -0.1) is 0 Å². The molecule has 2 aromatic rings. The van der Waals surface area contributed by atoms with Crippen LogP contribution >= 0.6 is 11.6 Å². The molecule has 0 spiro atoms. The van der Waals surface area contributed by atoms with Crippen molar-refractivity contribution in [1.82, 2.24) is 10.2 Å². The number of carbonyl (C=O) groups excluding carboxylic acids is 2. The number of benzene rings is 2. The molecular weight excluding hydrogens is 466 g/mol. The number of nitrogens with one attached hydrogen (secondary N) is 1. The number of hydrogen-bond donors (Lipinski definition) is 1. The van der Waals surface area contributed by atoms with Crippen molar-refractivity contribution in [3.05, 3.63) is 58.6 Å². The maximum Gasteiger partial charge on any atom is 0.244 e. The second-order valence-corrected chi connectivity index (χ2v) is 10.0. The Balaban J connectivity index is 2.46. The largest absolute Gasteiger partial charge is 0.495 e. The van der Waals surface area contributed by atoms with Gasteiger partial charge in [0.1, 0.15) is 18.3 Å². The van der Waals surface area contributed by atoms with Crippen LogP contribution in [-0.2, 0) is 26.2 Å². The number of rotatable bonds is 10. The average Bonchev–Trinajstić information content (AvgIpc) is 2.74. The van der Waals surface area contributed by atoms with Crippen LogP contribution < -0.4 is 14.4 Å². The van der Waals surface area contributed by atoms with Gasteiger partial charge in [0.2, 0.25) is 21.8 Å². The number of aryl methyl sites for hydroxylation is 1. The van der Waals surface area contributed by atoms with E-state index in [1.54, 1.807) is 56.3 Å². The van der Waals surface area contributed by atoms with Gasteiger partial charge in [0.15, 0.2) is 0 Å². The molecule has 0 saturated heterocycles. The number of nitrogens with zero attached hydrogens (tertiary/aromatic N) is 2. The maximum absolute atomic E-state index is 13.5. The fourth-order valence-electron chi connectivity index (χ4n) is 3.33. The van der Waals surface area contributed by atoms with Crippen molar-refractivity contribution >= 4 is 39.1 Å². The summed E-state index contributed by atoms with van der Waals surface area (Å²) in [6.07, 6.45) is 1.02. The molecule has 0 aliphatic rings. The molecule has 0 aliphatic carbocycles. The molecule has 33 heavy (non-hydrogen) atoms. The second-order valence-electron chi connectivity index (χ2n) is 7.67. The fraction of sp³-hybridized carbons (Fsp3) is 0.391. The van der Waals surface area contributed by atoms with Crippen molar-refractivity contribution in [2.45, 2.75) is 33.4 Å². The lowest BCUT2D eigenvalue weighted by Gasteiger charge is -2.32. The van der Waals surface area contributed by atoms with Crippen LogP contribution in [0.2, 0.25) is 5.02 Å². The van der Waals surface area contributed by atoms with Crippen LogP contribution in [0.15, 0.2) is 42.5 Å². The molecule has 0 heterocycles. The highest BCUT2D eigenvalue weighted by Gasteiger charge is 2.31. The number of likely N-dealkylation sites (N-methyl/N-ethyl adjacent to an activating group) is 1. The zero-order valence-corrected chi connectivity index (χ0v) is 21.0. The highest BCUT2D eigenvalue weighted by Crippen LogP contribution is 2.31. The van der Waals surface area contributed by atoms with Gasteiger partial charge >= 0.3 is 0 Å². The maximum atomic E-state index is 13.5. The normalized spacial score (nSPS) is 12.1. The summed E-state index contributed by atoms with van der Waals surface area (Å²) in [5.74, 6) is -0.563. The van der Waals surface area contributed by atoms with Crippen LogP contribution in [0.5, 0.6) is 5.75 Å². The molecule has 0 aliphatic heterocycles. The van der Waals surface area contributed by atoms with Gasteiger partial charge in [-0.2, -0.15) is 0 Å². The van der Waals surface area contributed by atoms with E-state index in [0.29, 0.717) is 22.9 Å². The van der Waals surface area contributed by atoms with E-state index in [-0.39, 0.29) is 18.1 Å². The van der Waals surface area contributed by atoms with E-state index in [4.69, 9.17) is 16.3 Å². The first-order valence-electron chi connectivity index (χ1n) is 10.4. The number of anilines is 1. The molecule has 0 radical (unpaired) electrons. The van der Waals surface area contributed by atoms with Gasteiger partial charge in [0, 0.05) is 18.1 Å². The summed E-state index contributed by atoms with van der Waals surface area (Å²) < 4.78 is 31.7. The van der Waals surface area contributed by atoms with E-state index >= 15 is 0 Å². The number of ether oxygens (including phenoxy) is 1. The lowest BCUT2D eigenvalue weighted by Crippen LogP contribution is -2.51. The van der Waals surface area contributed by atoms with E-state index in [1.807, 2.05) is 6.92 Å². The fourth-order valence-corrected chi connectivity index (χ4v) is 4.38. The van der Waals surface area contributed by atoms with Crippen molar-refractivity contribution in [2.75, 3.05) is 30.8 Å². The molecule has 0 bridgehead atoms. The Morgan fingerprint density at radius 1 is 1.18 bits per heavy atom. The van der Waals surface area contributed by atoms with Crippen LogP contribution in [0.25, 0.3) is 0 Å². The lowest BCUT2D eigenvalue weighted by molar-refractivity contribution is -0.139. The number of methoxy groups -OCH3 is 1. The predicted molar refractivity (Wildman–Crippen MR) is 130 cm³/mol. The topological polar surface area (TPSA) is 96.0 Å². The van der Waals surface area contributed by atoms with Crippen LogP contribution in [0.4, 0.5) is 5.69 Å². The minimum Gasteiger partial charge on any atom is -0.495 e. The average molecular weight is 496 g/mol. The van der Waals surface area contributed by atoms with Crippen LogP contribution in [-0.4, -0.2) is 57.6 Å². The van der Waals surface area contributed by atoms with Gasteiger partial charge < -0.3 is 15.0 Å². The summed E-state index contributed by atoms with van der Waals surface area (Å²) in [6.45, 7) is 5.18. The Kier molecular flexibility index (Phi) is 9.13. The Labute approximate surface area is 200 Å². The molecule has 0 aromatic heterocycles. The smallest absolute Gasteiger partial charge is 0.244 e. The van der Waals surface area contributed by atoms with E-state index in [0.717, 1.165) is 16.1 Å². The number of amides is 2.